The number of hydrogen-bond acceptors (Lipinski definition) is 4. The van der Waals surface area contributed by atoms with Gasteiger partial charge in [-0.15, -0.1) is 0 Å². The molecule has 0 saturated carbocycles. The molecule has 3 rings (SSSR count). The van der Waals surface area contributed by atoms with Crippen LogP contribution in [0.4, 0.5) is 16.2 Å². The largest absolute Gasteiger partial charge is 0.397 e. The molecule has 0 aliphatic carbocycles. The number of nitrogens with one attached hydrogen (secondary N) is 1. The molecule has 2 fully saturated rings. The zero-order valence-corrected chi connectivity index (χ0v) is 10.4. The van der Waals surface area contributed by atoms with Crippen LogP contribution < -0.4 is 16.0 Å². The monoisotopic (exact) mass is 267 g/mol. The summed E-state index contributed by atoms with van der Waals surface area (Å²) >= 11 is 0. The molecule has 2 aliphatic rings. The minimum absolute atomic E-state index is 0.00659. The summed E-state index contributed by atoms with van der Waals surface area (Å²) in [6.07, 6.45) is 0. The number of anilines is 2. The number of fused-ring (bicyclic) bond motifs is 1. The van der Waals surface area contributed by atoms with Gasteiger partial charge in [0.05, 0.1) is 35.0 Å². The van der Waals surface area contributed by atoms with E-state index in [0.29, 0.717) is 11.4 Å². The van der Waals surface area contributed by atoms with Crippen molar-refractivity contribution in [1.82, 2.24) is 5.32 Å². The highest BCUT2D eigenvalue weighted by Crippen LogP contribution is 2.32. The maximum atomic E-state index is 11.9. The highest BCUT2D eigenvalue weighted by Gasteiger charge is 2.49. The molecule has 2 aliphatic heterocycles. The van der Waals surface area contributed by atoms with Crippen molar-refractivity contribution in [2.24, 2.45) is 0 Å². The maximum Gasteiger partial charge on any atom is 0.322 e. The van der Waals surface area contributed by atoms with Crippen molar-refractivity contribution in [2.75, 3.05) is 22.1 Å². The van der Waals surface area contributed by atoms with Crippen molar-refractivity contribution in [2.45, 2.75) is 12.1 Å². The van der Waals surface area contributed by atoms with Gasteiger partial charge in [-0.05, 0) is 12.1 Å². The fourth-order valence-electron chi connectivity index (χ4n) is 2.60. The van der Waals surface area contributed by atoms with Crippen molar-refractivity contribution in [1.29, 1.82) is 0 Å². The molecule has 2 amide bonds. The third-order valence-corrected chi connectivity index (χ3v) is 5.09. The van der Waals surface area contributed by atoms with Crippen LogP contribution in [0.2, 0.25) is 0 Å². The highest BCUT2D eigenvalue weighted by molar-refractivity contribution is 7.91. The Morgan fingerprint density at radius 2 is 2.00 bits per heavy atom. The first-order valence-corrected chi connectivity index (χ1v) is 7.45. The molecule has 0 radical (unpaired) electrons. The number of benzene rings is 1. The van der Waals surface area contributed by atoms with Crippen LogP contribution in [0.25, 0.3) is 0 Å². The number of para-hydroxylation sites is 2. The van der Waals surface area contributed by atoms with Gasteiger partial charge in [0.1, 0.15) is 0 Å². The topological polar surface area (TPSA) is 92.5 Å². The van der Waals surface area contributed by atoms with Gasteiger partial charge >= 0.3 is 6.03 Å². The number of nitrogens with zero attached hydrogens (tertiary/aromatic N) is 1. The summed E-state index contributed by atoms with van der Waals surface area (Å²) in [7, 11) is -3.08. The quantitative estimate of drug-likeness (QED) is 0.552. The molecule has 3 N–H and O–H groups in total. The zero-order chi connectivity index (χ0) is 12.9. The van der Waals surface area contributed by atoms with Crippen molar-refractivity contribution < 1.29 is 13.2 Å². The van der Waals surface area contributed by atoms with E-state index in [4.69, 9.17) is 5.73 Å². The second-order valence-electron chi connectivity index (χ2n) is 4.63. The van der Waals surface area contributed by atoms with Crippen molar-refractivity contribution in [3.8, 4) is 0 Å². The van der Waals surface area contributed by atoms with E-state index < -0.39 is 9.84 Å². The number of urea groups is 1. The lowest BCUT2D eigenvalue weighted by Crippen LogP contribution is -2.37. The van der Waals surface area contributed by atoms with E-state index in [0.717, 1.165) is 0 Å². The molecule has 7 heteroatoms. The number of rotatable bonds is 1. The van der Waals surface area contributed by atoms with Gasteiger partial charge in [-0.25, -0.2) is 13.2 Å². The highest BCUT2D eigenvalue weighted by atomic mass is 32.2. The Bertz CT molecular complexity index is 614. The van der Waals surface area contributed by atoms with Crippen molar-refractivity contribution >= 4 is 27.2 Å². The summed E-state index contributed by atoms with van der Waals surface area (Å²) in [6, 6.07) is 6.00. The van der Waals surface area contributed by atoms with Gasteiger partial charge in [-0.1, -0.05) is 12.1 Å². The number of hydrogen-bond donors (Lipinski definition) is 2. The Balaban J connectivity index is 2.02. The molecule has 1 aromatic rings. The van der Waals surface area contributed by atoms with Gasteiger partial charge in [-0.2, -0.15) is 0 Å². The Hall–Kier alpha value is -1.76. The van der Waals surface area contributed by atoms with E-state index in [-0.39, 0.29) is 29.6 Å². The average molecular weight is 267 g/mol. The van der Waals surface area contributed by atoms with Crippen LogP contribution in [-0.2, 0) is 9.84 Å². The van der Waals surface area contributed by atoms with Gasteiger partial charge in [0, 0.05) is 0 Å². The third kappa shape index (κ3) is 1.62. The van der Waals surface area contributed by atoms with Gasteiger partial charge in [-0.3, -0.25) is 4.90 Å². The first kappa shape index (κ1) is 11.3. The molecule has 0 spiro atoms. The fourth-order valence-corrected chi connectivity index (χ4v) is 4.49. The molecule has 96 valence electrons. The van der Waals surface area contributed by atoms with Crippen LogP contribution in [0.1, 0.15) is 0 Å². The molecular formula is C11H13N3O3S. The summed E-state index contributed by atoms with van der Waals surface area (Å²) in [5, 5.41) is 2.70. The predicted octanol–water partition coefficient (Wildman–Crippen LogP) is -0.0360. The second-order valence-corrected chi connectivity index (χ2v) is 6.78. The van der Waals surface area contributed by atoms with Crippen LogP contribution in [0.3, 0.4) is 0 Å². The molecule has 0 aromatic heterocycles. The van der Waals surface area contributed by atoms with E-state index >= 15 is 0 Å². The van der Waals surface area contributed by atoms with Crippen LogP contribution in [0.5, 0.6) is 0 Å². The summed E-state index contributed by atoms with van der Waals surface area (Å²) in [4.78, 5) is 13.4. The maximum absolute atomic E-state index is 11.9. The molecule has 0 unspecified atom stereocenters. The lowest BCUT2D eigenvalue weighted by molar-refractivity contribution is 0.251. The van der Waals surface area contributed by atoms with Crippen molar-refractivity contribution in [3.63, 3.8) is 0 Å². The normalized spacial score (nSPS) is 29.1. The molecule has 0 bridgehead atoms. The number of sulfone groups is 1. The number of amides is 2. The van der Waals surface area contributed by atoms with E-state index in [1.54, 1.807) is 24.3 Å². The number of nitrogen functional groups attached to an aromatic ring is 1. The van der Waals surface area contributed by atoms with Crippen LogP contribution in [0, 0.1) is 0 Å². The van der Waals surface area contributed by atoms with E-state index in [1.165, 1.54) is 4.90 Å². The zero-order valence-electron chi connectivity index (χ0n) is 9.54. The van der Waals surface area contributed by atoms with Crippen LogP contribution >= 0.6 is 0 Å². The number of nitrogens with two attached hydrogens (primary N) is 1. The van der Waals surface area contributed by atoms with Gasteiger partial charge in [0.2, 0.25) is 0 Å². The van der Waals surface area contributed by atoms with Gasteiger partial charge < -0.3 is 11.1 Å². The van der Waals surface area contributed by atoms with Crippen LogP contribution in [0.15, 0.2) is 24.3 Å². The SMILES string of the molecule is Nc1ccccc1N1C(=O)N[C@@H]2CS(=O)(=O)C[C@H]21. The minimum atomic E-state index is -3.08. The number of carbonyl (C=O) groups is 1. The molecule has 2 saturated heterocycles. The Morgan fingerprint density at radius 3 is 2.72 bits per heavy atom. The van der Waals surface area contributed by atoms with Crippen molar-refractivity contribution in [3.05, 3.63) is 24.3 Å². The molecular weight excluding hydrogens is 254 g/mol. The Kier molecular flexibility index (Phi) is 2.28. The first-order valence-electron chi connectivity index (χ1n) is 5.62. The minimum Gasteiger partial charge on any atom is -0.397 e. The molecule has 18 heavy (non-hydrogen) atoms. The smallest absolute Gasteiger partial charge is 0.322 e. The lowest BCUT2D eigenvalue weighted by Gasteiger charge is -2.22. The van der Waals surface area contributed by atoms with E-state index in [1.807, 2.05) is 0 Å². The lowest BCUT2D eigenvalue weighted by atomic mass is 10.1. The average Bonchev–Trinajstić information content (AvgIpc) is 2.70. The predicted molar refractivity (Wildman–Crippen MR) is 68.1 cm³/mol. The summed E-state index contributed by atoms with van der Waals surface area (Å²) in [5.74, 6) is -0.00259. The van der Waals surface area contributed by atoms with Gasteiger partial charge in [0.15, 0.2) is 9.84 Å². The standard InChI is InChI=1S/C11H13N3O3S/c12-7-3-1-2-4-9(7)14-10-6-18(16,17)5-8(10)13-11(14)15/h1-4,8,10H,5-6,12H2,(H,13,15)/t8-,10-/m1/s1. The summed E-state index contributed by atoms with van der Waals surface area (Å²) in [5.41, 5.74) is 6.88. The first-order chi connectivity index (χ1) is 8.48. The molecule has 1 aromatic carbocycles. The molecule has 6 nitrogen and oxygen atoms in total. The summed E-state index contributed by atoms with van der Waals surface area (Å²) < 4.78 is 23.2. The summed E-state index contributed by atoms with van der Waals surface area (Å²) in [6.45, 7) is 0. The van der Waals surface area contributed by atoms with Crippen LogP contribution in [-0.4, -0.2) is 38.0 Å². The van der Waals surface area contributed by atoms with E-state index in [2.05, 4.69) is 5.32 Å². The Morgan fingerprint density at radius 1 is 1.28 bits per heavy atom. The Labute approximate surface area is 105 Å². The van der Waals surface area contributed by atoms with E-state index in [9.17, 15) is 13.2 Å². The van der Waals surface area contributed by atoms with Gasteiger partial charge in [0.25, 0.3) is 0 Å². The third-order valence-electron chi connectivity index (χ3n) is 3.38. The molecule has 2 atom stereocenters. The number of carbonyl (C=O) groups excluding carboxylic acids is 1. The second kappa shape index (κ2) is 3.61. The molecule has 2 heterocycles. The fraction of sp³-hybridized carbons (Fsp3) is 0.364.